The second-order valence-corrected chi connectivity index (χ2v) is 11.7. The quantitative estimate of drug-likeness (QED) is 0.177. The first-order valence-corrected chi connectivity index (χ1v) is 15.7. The van der Waals surface area contributed by atoms with Crippen LogP contribution in [-0.4, -0.2) is 40.6 Å². The predicted octanol–water partition coefficient (Wildman–Crippen LogP) is 5.99. The van der Waals surface area contributed by atoms with E-state index < -0.39 is 18.4 Å². The molecule has 0 saturated carbocycles. The average molecular weight is 623 g/mol. The van der Waals surface area contributed by atoms with Crippen LogP contribution in [-0.2, 0) is 50.0 Å². The van der Waals surface area contributed by atoms with Gasteiger partial charge >= 0.3 is 5.97 Å². The molecule has 4 unspecified atom stereocenters. The molecular weight excluding hydrogens is 580 g/mol. The van der Waals surface area contributed by atoms with Gasteiger partial charge in [0, 0.05) is 45.1 Å². The van der Waals surface area contributed by atoms with Crippen molar-refractivity contribution in [1.82, 2.24) is 10.2 Å². The van der Waals surface area contributed by atoms with Gasteiger partial charge in [0.25, 0.3) is 5.91 Å². The lowest BCUT2D eigenvalue weighted by Crippen LogP contribution is -2.39. The van der Waals surface area contributed by atoms with Crippen molar-refractivity contribution in [2.75, 3.05) is 6.54 Å². The van der Waals surface area contributed by atoms with E-state index in [1.165, 1.54) is 18.1 Å². The Labute approximate surface area is 270 Å². The summed E-state index contributed by atoms with van der Waals surface area (Å²) in [6.07, 6.45) is -1.09. The summed E-state index contributed by atoms with van der Waals surface area (Å²) in [5.41, 5.74) is 6.14. The van der Waals surface area contributed by atoms with Crippen molar-refractivity contribution in [2.24, 2.45) is 0 Å². The third-order valence-corrected chi connectivity index (χ3v) is 8.01. The Kier molecular flexibility index (Phi) is 11.7. The molecule has 0 aliphatic carbocycles. The summed E-state index contributed by atoms with van der Waals surface area (Å²) in [4.78, 5) is 25.9. The lowest BCUT2D eigenvalue weighted by atomic mass is 9.99. The summed E-state index contributed by atoms with van der Waals surface area (Å²) in [5.74, 6) is -0.852. The minimum absolute atomic E-state index is 0.0104. The second kappa shape index (κ2) is 16.3. The van der Waals surface area contributed by atoms with Crippen LogP contribution in [0, 0.1) is 0 Å². The Balaban J connectivity index is 1.33. The fourth-order valence-electron chi connectivity index (χ4n) is 5.62. The molecule has 5 rings (SSSR count). The largest absolute Gasteiger partial charge is 0.453 e. The highest BCUT2D eigenvalue weighted by molar-refractivity contribution is 5.82. The Bertz CT molecular complexity index is 1490. The highest BCUT2D eigenvalue weighted by Crippen LogP contribution is 2.38. The van der Waals surface area contributed by atoms with E-state index in [2.05, 4.69) is 58.7 Å². The number of benzene rings is 4. The van der Waals surface area contributed by atoms with Crippen molar-refractivity contribution in [3.8, 4) is 0 Å². The molecule has 0 bridgehead atoms. The minimum atomic E-state index is -0.857. The van der Waals surface area contributed by atoms with E-state index in [-0.39, 0.29) is 24.7 Å². The van der Waals surface area contributed by atoms with Crippen LogP contribution in [0.2, 0.25) is 0 Å². The summed E-state index contributed by atoms with van der Waals surface area (Å²) in [6.45, 7) is 5.39. The van der Waals surface area contributed by atoms with Gasteiger partial charge in [-0.15, -0.1) is 0 Å². The fraction of sp³-hybridized carbons (Fsp3) is 0.316. The maximum Gasteiger partial charge on any atom is 0.303 e. The molecule has 0 spiro atoms. The lowest BCUT2D eigenvalue weighted by Gasteiger charge is -2.38. The molecular formula is C38H42N2O6. The molecule has 1 fully saturated rings. The Morgan fingerprint density at radius 3 is 1.93 bits per heavy atom. The molecule has 4 aromatic carbocycles. The maximum absolute atomic E-state index is 12.3. The number of amides is 1. The Morgan fingerprint density at radius 2 is 1.37 bits per heavy atom. The van der Waals surface area contributed by atoms with Crippen LogP contribution in [0.15, 0.2) is 109 Å². The third kappa shape index (κ3) is 9.58. The smallest absolute Gasteiger partial charge is 0.303 e. The molecule has 0 radical (unpaired) electrons. The maximum atomic E-state index is 12.3. The minimum Gasteiger partial charge on any atom is -0.453 e. The molecule has 2 N–H and O–H groups in total. The average Bonchev–Trinajstić information content (AvgIpc) is 3.08. The Morgan fingerprint density at radius 1 is 0.804 bits per heavy atom. The van der Waals surface area contributed by atoms with Crippen LogP contribution < -0.4 is 5.32 Å². The van der Waals surface area contributed by atoms with Gasteiger partial charge in [-0.05, 0) is 34.7 Å². The standard InChI is InChI=1S/C38H42N2O6/c1-27(44-28(2)42)37(43)39-22-29-13-19-34(20-14-29)38-45-35(21-36(46-38)33-17-15-32(26-41)16-18-33)25-40(23-30-9-5-3-6-10-30)24-31-11-7-4-8-12-31/h3-20,27,35-36,38,41H,21-26H2,1-2H3,(H,39,43). The Hall–Kier alpha value is -4.34. The van der Waals surface area contributed by atoms with Crippen LogP contribution >= 0.6 is 0 Å². The van der Waals surface area contributed by atoms with Crippen molar-refractivity contribution in [3.63, 3.8) is 0 Å². The molecule has 1 aliphatic rings. The zero-order valence-electron chi connectivity index (χ0n) is 26.4. The van der Waals surface area contributed by atoms with Gasteiger partial charge < -0.3 is 24.6 Å². The van der Waals surface area contributed by atoms with E-state index in [1.54, 1.807) is 6.92 Å². The van der Waals surface area contributed by atoms with Gasteiger partial charge in [0.2, 0.25) is 0 Å². The number of carbonyl (C=O) groups excluding carboxylic acids is 2. The number of hydrogen-bond donors (Lipinski definition) is 2. The zero-order valence-corrected chi connectivity index (χ0v) is 26.4. The monoisotopic (exact) mass is 622 g/mol. The van der Waals surface area contributed by atoms with Crippen molar-refractivity contribution in [3.05, 3.63) is 143 Å². The molecule has 4 aromatic rings. The van der Waals surface area contributed by atoms with E-state index in [1.807, 2.05) is 60.7 Å². The van der Waals surface area contributed by atoms with Gasteiger partial charge in [-0.3, -0.25) is 14.5 Å². The number of nitrogens with one attached hydrogen (secondary N) is 1. The highest BCUT2D eigenvalue weighted by Gasteiger charge is 2.33. The molecule has 1 heterocycles. The van der Waals surface area contributed by atoms with E-state index in [0.29, 0.717) is 19.5 Å². The van der Waals surface area contributed by atoms with Gasteiger partial charge in [0.05, 0.1) is 18.8 Å². The predicted molar refractivity (Wildman–Crippen MR) is 175 cm³/mol. The number of esters is 1. The molecule has 8 nitrogen and oxygen atoms in total. The molecule has 1 saturated heterocycles. The SMILES string of the molecule is CC(=O)OC(C)C(=O)NCc1ccc(C2OC(CN(Cc3ccccc3)Cc3ccccc3)CC(c3ccc(CO)cc3)O2)cc1. The molecule has 4 atom stereocenters. The molecule has 1 aliphatic heterocycles. The lowest BCUT2D eigenvalue weighted by molar-refractivity contribution is -0.253. The first kappa shape index (κ1) is 33.0. The number of hydrogen-bond acceptors (Lipinski definition) is 7. The van der Waals surface area contributed by atoms with E-state index in [4.69, 9.17) is 14.2 Å². The zero-order chi connectivity index (χ0) is 32.3. The second-order valence-electron chi connectivity index (χ2n) is 11.7. The summed E-state index contributed by atoms with van der Waals surface area (Å²) in [7, 11) is 0. The fourth-order valence-corrected chi connectivity index (χ4v) is 5.62. The normalized spacial score (nSPS) is 18.6. The molecule has 1 amide bonds. The van der Waals surface area contributed by atoms with Crippen molar-refractivity contribution < 1.29 is 28.9 Å². The van der Waals surface area contributed by atoms with Crippen molar-refractivity contribution in [2.45, 2.75) is 71.1 Å². The van der Waals surface area contributed by atoms with Crippen LogP contribution in [0.25, 0.3) is 0 Å². The molecule has 8 heteroatoms. The van der Waals surface area contributed by atoms with Crippen molar-refractivity contribution >= 4 is 11.9 Å². The number of aliphatic hydroxyl groups excluding tert-OH is 1. The molecule has 0 aromatic heterocycles. The summed E-state index contributed by atoms with van der Waals surface area (Å²) >= 11 is 0. The first-order chi connectivity index (χ1) is 22.4. The number of aliphatic hydroxyl groups is 1. The number of carbonyl (C=O) groups is 2. The number of rotatable bonds is 13. The third-order valence-electron chi connectivity index (χ3n) is 8.01. The van der Waals surface area contributed by atoms with Crippen LogP contribution in [0.1, 0.15) is 66.0 Å². The topological polar surface area (TPSA) is 97.3 Å². The number of ether oxygens (including phenoxy) is 3. The van der Waals surface area contributed by atoms with Crippen LogP contribution in [0.5, 0.6) is 0 Å². The number of nitrogens with zero attached hydrogens (tertiary/aromatic N) is 1. The van der Waals surface area contributed by atoms with Gasteiger partial charge in [0.15, 0.2) is 12.4 Å². The first-order valence-electron chi connectivity index (χ1n) is 15.7. The van der Waals surface area contributed by atoms with Crippen LogP contribution in [0.3, 0.4) is 0 Å². The van der Waals surface area contributed by atoms with Gasteiger partial charge in [0.1, 0.15) is 0 Å². The summed E-state index contributed by atoms with van der Waals surface area (Å²) in [6, 6.07) is 36.6. The molecule has 46 heavy (non-hydrogen) atoms. The molecule has 240 valence electrons. The highest BCUT2D eigenvalue weighted by atomic mass is 16.7. The van der Waals surface area contributed by atoms with E-state index >= 15 is 0 Å². The van der Waals surface area contributed by atoms with Crippen LogP contribution in [0.4, 0.5) is 0 Å². The van der Waals surface area contributed by atoms with E-state index in [0.717, 1.165) is 35.3 Å². The summed E-state index contributed by atoms with van der Waals surface area (Å²) in [5, 5.41) is 12.4. The van der Waals surface area contributed by atoms with Gasteiger partial charge in [-0.1, -0.05) is 109 Å². The van der Waals surface area contributed by atoms with E-state index in [9.17, 15) is 14.7 Å². The van der Waals surface area contributed by atoms with Gasteiger partial charge in [-0.2, -0.15) is 0 Å². The van der Waals surface area contributed by atoms with Gasteiger partial charge in [-0.25, -0.2) is 0 Å². The summed E-state index contributed by atoms with van der Waals surface area (Å²) < 4.78 is 18.2. The van der Waals surface area contributed by atoms with Crippen molar-refractivity contribution in [1.29, 1.82) is 0 Å².